The van der Waals surface area contributed by atoms with Crippen LogP contribution in [-0.4, -0.2) is 98.9 Å². The van der Waals surface area contributed by atoms with E-state index in [2.05, 4.69) is 42.2 Å². The van der Waals surface area contributed by atoms with Gasteiger partial charge in [-0.25, -0.2) is 38.9 Å². The Bertz CT molecular complexity index is 1710. The van der Waals surface area contributed by atoms with Crippen LogP contribution in [0.2, 0.25) is 0 Å². The lowest BCUT2D eigenvalue weighted by atomic mass is 10.1. The average Bonchev–Trinajstić information content (AvgIpc) is 3.73. The SMILES string of the molecule is Nc1ncnc2c1ncn2[C@@H]1O[C@@H]2COP(O)(=S)O[C@@H]3C(COP(=O)(S)O[C@H]2[C@H]1O)O[C@@H](n1cnc2c(N)ncnc21)[C@@H]3F. The number of nitrogens with two attached hydrogens (primary N) is 2. The number of fused-ring (bicyclic) bond motifs is 4. The molecule has 3 aliphatic rings. The van der Waals surface area contributed by atoms with Gasteiger partial charge in [-0.3, -0.25) is 22.7 Å². The van der Waals surface area contributed by atoms with Gasteiger partial charge in [-0.2, -0.15) is 0 Å². The summed E-state index contributed by atoms with van der Waals surface area (Å²) in [4.78, 5) is 35.2. The number of ether oxygens (including phenoxy) is 2. The Labute approximate surface area is 256 Å². The fourth-order valence-corrected chi connectivity index (χ4v) is 8.14. The summed E-state index contributed by atoms with van der Waals surface area (Å²) in [6.07, 6.45) is -6.63. The molecule has 0 saturated carbocycles. The molecule has 7 rings (SSSR count). The highest BCUT2D eigenvalue weighted by Crippen LogP contribution is 2.58. The topological polar surface area (TPSA) is 252 Å². The lowest BCUT2D eigenvalue weighted by Crippen LogP contribution is -2.38. The molecule has 0 spiro atoms. The molecule has 44 heavy (non-hydrogen) atoms. The third-order valence-electron chi connectivity index (χ3n) is 7.21. The largest absolute Gasteiger partial charge is 0.386 e. The predicted molar refractivity (Wildman–Crippen MR) is 153 cm³/mol. The molecule has 7 heterocycles. The minimum atomic E-state index is -4.30. The number of alkyl halides is 1. The van der Waals surface area contributed by atoms with E-state index < -0.39 is 75.9 Å². The number of hydrogen-bond acceptors (Lipinski definition) is 17. The Morgan fingerprint density at radius 2 is 1.43 bits per heavy atom. The van der Waals surface area contributed by atoms with E-state index in [-0.39, 0.29) is 34.0 Å². The summed E-state index contributed by atoms with van der Waals surface area (Å²) in [5, 5.41) is 11.2. The number of anilines is 2. The standard InChI is InChI=1S/C20H23FN10O9P2S2/c21-9-13-7(37-19(9)30-5-28-10-15(22)24-3-26-17(10)30)1-35-42(34,44)40-14-8(2-36-41(33,43)39-13)38-20(12(14)32)31-6-29-11-16(23)25-4-27-18(11)31/h3-9,12-14,19-20,32H,1-2H2,(H,33,43)(H,34,44)(H2,22,24,26)(H2,23,25,27)/t7?,8-,9-,12-,13-,14-,19-,20-,41?,42?/m1/s1. The molecular weight excluding hydrogens is 669 g/mol. The lowest BCUT2D eigenvalue weighted by molar-refractivity contribution is -0.0574. The van der Waals surface area contributed by atoms with Crippen LogP contribution in [-0.2, 0) is 43.9 Å². The van der Waals surface area contributed by atoms with Gasteiger partial charge in [0.05, 0.1) is 25.9 Å². The highest BCUT2D eigenvalue weighted by atomic mass is 32.7. The second kappa shape index (κ2) is 11.1. The van der Waals surface area contributed by atoms with Crippen LogP contribution in [0.15, 0.2) is 25.3 Å². The molecule has 4 aromatic heterocycles. The molecule has 3 unspecified atom stereocenters. The van der Waals surface area contributed by atoms with Crippen LogP contribution in [0.1, 0.15) is 12.5 Å². The Morgan fingerprint density at radius 3 is 2.07 bits per heavy atom. The van der Waals surface area contributed by atoms with Crippen molar-refractivity contribution in [3.63, 3.8) is 0 Å². The number of aliphatic hydroxyl groups is 1. The van der Waals surface area contributed by atoms with Crippen LogP contribution in [0.4, 0.5) is 16.0 Å². The number of aliphatic hydroxyl groups excluding tert-OH is 1. The zero-order valence-corrected chi connectivity index (χ0v) is 25.5. The van der Waals surface area contributed by atoms with Gasteiger partial charge in [-0.15, -0.1) is 0 Å². The third kappa shape index (κ3) is 5.27. The Hall–Kier alpha value is -2.46. The minimum Gasteiger partial charge on any atom is -0.386 e. The van der Waals surface area contributed by atoms with E-state index in [0.717, 1.165) is 0 Å². The zero-order valence-electron chi connectivity index (χ0n) is 22.0. The van der Waals surface area contributed by atoms with E-state index in [9.17, 15) is 14.6 Å². The van der Waals surface area contributed by atoms with Crippen molar-refractivity contribution in [2.45, 2.75) is 49.1 Å². The summed E-state index contributed by atoms with van der Waals surface area (Å²) in [6.45, 7) is -9.64. The quantitative estimate of drug-likeness (QED) is 0.141. The summed E-state index contributed by atoms with van der Waals surface area (Å²) in [5.41, 5.74) is 12.6. The van der Waals surface area contributed by atoms with E-state index in [4.69, 9.17) is 50.8 Å². The van der Waals surface area contributed by atoms with Gasteiger partial charge < -0.3 is 35.5 Å². The molecule has 0 aliphatic carbocycles. The molecule has 0 bridgehead atoms. The van der Waals surface area contributed by atoms with Gasteiger partial charge in [0.15, 0.2) is 41.6 Å². The normalized spacial score (nSPS) is 38.3. The van der Waals surface area contributed by atoms with Crippen LogP contribution in [0, 0.1) is 0 Å². The van der Waals surface area contributed by atoms with E-state index in [1.807, 2.05) is 0 Å². The molecule has 10 atom stereocenters. The van der Waals surface area contributed by atoms with Crippen molar-refractivity contribution in [3.05, 3.63) is 25.3 Å². The molecule has 24 heteroatoms. The first-order valence-corrected chi connectivity index (χ1v) is 18.0. The number of hydrogen-bond donors (Lipinski definition) is 5. The molecule has 236 valence electrons. The van der Waals surface area contributed by atoms with Crippen LogP contribution >= 0.6 is 25.8 Å². The van der Waals surface area contributed by atoms with E-state index in [0.29, 0.717) is 0 Å². The van der Waals surface area contributed by atoms with Crippen LogP contribution in [0.25, 0.3) is 22.3 Å². The lowest BCUT2D eigenvalue weighted by Gasteiger charge is -2.29. The van der Waals surface area contributed by atoms with Gasteiger partial charge in [0.1, 0.15) is 54.2 Å². The number of nitrogens with zero attached hydrogens (tertiary/aromatic N) is 8. The van der Waals surface area contributed by atoms with Crippen LogP contribution < -0.4 is 11.5 Å². The van der Waals surface area contributed by atoms with E-state index in [1.54, 1.807) is 0 Å². The minimum absolute atomic E-state index is 0.0662. The van der Waals surface area contributed by atoms with Gasteiger partial charge in [-0.05, 0) is 11.8 Å². The molecule has 3 saturated heterocycles. The maximum Gasteiger partial charge on any atom is 0.386 e. The van der Waals surface area contributed by atoms with Gasteiger partial charge in [0.25, 0.3) is 0 Å². The molecule has 0 radical (unpaired) electrons. The molecule has 6 N–H and O–H groups in total. The summed E-state index contributed by atoms with van der Waals surface area (Å²) in [6, 6.07) is 0. The fraction of sp³-hybridized carbons (Fsp3) is 0.500. The van der Waals surface area contributed by atoms with Crippen molar-refractivity contribution < 1.29 is 46.5 Å². The molecule has 4 aromatic rings. The van der Waals surface area contributed by atoms with Crippen molar-refractivity contribution in [1.82, 2.24) is 39.0 Å². The first-order valence-electron chi connectivity index (χ1n) is 12.7. The van der Waals surface area contributed by atoms with Crippen molar-refractivity contribution in [2.24, 2.45) is 0 Å². The second-order valence-corrected chi connectivity index (χ2v) is 15.6. The number of halogens is 1. The first kappa shape index (κ1) is 30.2. The Balaban J connectivity index is 1.17. The van der Waals surface area contributed by atoms with Gasteiger partial charge in [-0.1, -0.05) is 12.2 Å². The summed E-state index contributed by atoms with van der Waals surface area (Å²) in [5.74, 6) is 0.162. The summed E-state index contributed by atoms with van der Waals surface area (Å²) in [7, 11) is 0. The fourth-order valence-electron chi connectivity index (χ4n) is 5.21. The first-order chi connectivity index (χ1) is 20.9. The average molecular weight is 693 g/mol. The van der Waals surface area contributed by atoms with E-state index >= 15 is 4.39 Å². The number of thiol groups is 1. The van der Waals surface area contributed by atoms with Crippen molar-refractivity contribution in [3.8, 4) is 0 Å². The molecule has 0 amide bonds. The van der Waals surface area contributed by atoms with Gasteiger partial charge in [0, 0.05) is 0 Å². The Morgan fingerprint density at radius 1 is 0.886 bits per heavy atom. The van der Waals surface area contributed by atoms with Crippen molar-refractivity contribution in [1.29, 1.82) is 0 Å². The smallest absolute Gasteiger partial charge is 0.386 e. The van der Waals surface area contributed by atoms with Crippen LogP contribution in [0.3, 0.4) is 0 Å². The molecule has 3 aliphatic heterocycles. The van der Waals surface area contributed by atoms with E-state index in [1.165, 1.54) is 34.4 Å². The van der Waals surface area contributed by atoms with Gasteiger partial charge >= 0.3 is 13.5 Å². The highest BCUT2D eigenvalue weighted by Gasteiger charge is 2.53. The van der Waals surface area contributed by atoms with Crippen molar-refractivity contribution >= 4 is 71.5 Å². The highest BCUT2D eigenvalue weighted by molar-refractivity contribution is 8.44. The van der Waals surface area contributed by atoms with Crippen LogP contribution in [0.5, 0.6) is 0 Å². The maximum absolute atomic E-state index is 16.0. The predicted octanol–water partition coefficient (Wildman–Crippen LogP) is 0.396. The third-order valence-corrected chi connectivity index (χ3v) is 10.4. The molecule has 3 fully saturated rings. The Kier molecular flexibility index (Phi) is 7.63. The number of imidazole rings is 2. The zero-order chi connectivity index (χ0) is 31.0. The molecule has 0 aromatic carbocycles. The van der Waals surface area contributed by atoms with Gasteiger partial charge in [0.2, 0.25) is 0 Å². The summed E-state index contributed by atoms with van der Waals surface area (Å²) >= 11 is 9.24. The number of aromatic nitrogens is 8. The second-order valence-electron chi connectivity index (χ2n) is 9.90. The monoisotopic (exact) mass is 692 g/mol. The number of nitrogen functional groups attached to an aromatic ring is 2. The summed E-state index contributed by atoms with van der Waals surface area (Å²) < 4.78 is 66.0. The van der Waals surface area contributed by atoms with Crippen molar-refractivity contribution in [2.75, 3.05) is 24.7 Å². The molecule has 19 nitrogen and oxygen atoms in total. The maximum atomic E-state index is 16.0. The number of rotatable bonds is 2. The molecular formula is C20H23FN10O9P2S2.